The molecule has 0 aromatic heterocycles. The Labute approximate surface area is 137 Å². The number of nitrogens with zero attached hydrogens (tertiary/aromatic N) is 4. The largest absolute Gasteiger partial charge is 0.359 e. The van der Waals surface area contributed by atoms with Crippen LogP contribution >= 0.6 is 0 Å². The van der Waals surface area contributed by atoms with Crippen molar-refractivity contribution in [2.75, 3.05) is 26.4 Å². The van der Waals surface area contributed by atoms with Crippen molar-refractivity contribution in [3.63, 3.8) is 0 Å². The Kier molecular flexibility index (Phi) is 6.47. The zero-order valence-corrected chi connectivity index (χ0v) is 14.9. The van der Waals surface area contributed by atoms with Gasteiger partial charge in [0, 0.05) is 50.0 Å². The van der Waals surface area contributed by atoms with Crippen LogP contribution in [0.15, 0.2) is 24.8 Å². The molecule has 0 aromatic carbocycles. The maximum absolute atomic E-state index is 2.44. The monoisotopic (exact) mass is 306 g/mol. The molecule has 22 heavy (non-hydrogen) atoms. The van der Waals surface area contributed by atoms with Crippen molar-refractivity contribution in [2.45, 2.75) is 65.5 Å². The van der Waals surface area contributed by atoms with Gasteiger partial charge in [0.1, 0.15) is 0 Å². The Balaban J connectivity index is 1.56. The zero-order chi connectivity index (χ0) is 15.9. The second-order valence-electron chi connectivity index (χ2n) is 6.75. The molecule has 4 nitrogen and oxygen atoms in total. The molecule has 0 amide bonds. The number of hydrogen-bond donors (Lipinski definition) is 0. The quantitative estimate of drug-likeness (QED) is 0.605. The Hall–Kier alpha value is -1.32. The molecule has 2 aliphatic heterocycles. The first-order chi connectivity index (χ1) is 10.6. The molecule has 126 valence electrons. The van der Waals surface area contributed by atoms with Gasteiger partial charge in [0.05, 0.1) is 13.3 Å². The van der Waals surface area contributed by atoms with Gasteiger partial charge in [0.15, 0.2) is 0 Å². The van der Waals surface area contributed by atoms with Gasteiger partial charge in [0.25, 0.3) is 0 Å². The third-order valence-electron chi connectivity index (χ3n) is 5.08. The highest BCUT2D eigenvalue weighted by Crippen LogP contribution is 2.15. The van der Waals surface area contributed by atoms with Crippen molar-refractivity contribution < 1.29 is 0 Å². The Morgan fingerprint density at radius 1 is 0.727 bits per heavy atom. The minimum Gasteiger partial charge on any atom is -0.359 e. The summed E-state index contributed by atoms with van der Waals surface area (Å²) in [5.41, 5.74) is 0. The third kappa shape index (κ3) is 4.59. The van der Waals surface area contributed by atoms with E-state index in [0.717, 1.165) is 13.3 Å². The summed E-state index contributed by atoms with van der Waals surface area (Å²) in [5, 5.41) is 0. The van der Waals surface area contributed by atoms with Crippen LogP contribution in [-0.2, 0) is 0 Å². The zero-order valence-electron chi connectivity index (χ0n) is 14.9. The molecule has 2 rings (SSSR count). The van der Waals surface area contributed by atoms with E-state index in [1.54, 1.807) is 0 Å². The van der Waals surface area contributed by atoms with Crippen LogP contribution in [0.1, 0.15) is 53.4 Å². The van der Waals surface area contributed by atoms with E-state index in [0.29, 0.717) is 12.1 Å². The van der Waals surface area contributed by atoms with Crippen molar-refractivity contribution in [3.8, 4) is 0 Å². The summed E-state index contributed by atoms with van der Waals surface area (Å²) in [4.78, 5) is 9.76. The molecule has 0 saturated carbocycles. The highest BCUT2D eigenvalue weighted by Gasteiger charge is 2.17. The van der Waals surface area contributed by atoms with Crippen LogP contribution in [0.25, 0.3) is 0 Å². The van der Waals surface area contributed by atoms with Gasteiger partial charge in [-0.1, -0.05) is 13.8 Å². The van der Waals surface area contributed by atoms with Crippen LogP contribution in [0.4, 0.5) is 0 Å². The standard InChI is InChI=1S/C18H34N4/c1-5-17(3)21-13-11-19(15-21)9-7-8-10-20-12-14-22(16-20)18(4)6-2/h11-14,17-18H,5-10,15-16H2,1-4H3/t17-,18-/m0/s1. The Bertz CT molecular complexity index is 343. The number of hydrogen-bond acceptors (Lipinski definition) is 4. The fourth-order valence-corrected chi connectivity index (χ4v) is 2.93. The van der Waals surface area contributed by atoms with E-state index in [-0.39, 0.29) is 0 Å². The molecule has 2 aliphatic rings. The van der Waals surface area contributed by atoms with Gasteiger partial charge in [-0.15, -0.1) is 0 Å². The molecule has 0 unspecified atom stereocenters. The fraction of sp³-hybridized carbons (Fsp3) is 0.778. The van der Waals surface area contributed by atoms with Crippen LogP contribution < -0.4 is 0 Å². The first-order valence-electron chi connectivity index (χ1n) is 9.00. The molecular formula is C18H34N4. The lowest BCUT2D eigenvalue weighted by molar-refractivity contribution is 0.203. The van der Waals surface area contributed by atoms with Crippen molar-refractivity contribution in [3.05, 3.63) is 24.8 Å². The predicted octanol–water partition coefficient (Wildman–Crippen LogP) is 3.46. The lowest BCUT2D eigenvalue weighted by atomic mass is 10.2. The number of unbranched alkanes of at least 4 members (excludes halogenated alkanes) is 1. The van der Waals surface area contributed by atoms with Crippen LogP contribution in [-0.4, -0.2) is 58.1 Å². The molecule has 0 spiro atoms. The Morgan fingerprint density at radius 3 is 1.50 bits per heavy atom. The fourth-order valence-electron chi connectivity index (χ4n) is 2.93. The maximum Gasteiger partial charge on any atom is 0.0896 e. The summed E-state index contributed by atoms with van der Waals surface area (Å²) in [6.07, 6.45) is 14.0. The van der Waals surface area contributed by atoms with Gasteiger partial charge < -0.3 is 19.6 Å². The van der Waals surface area contributed by atoms with Crippen molar-refractivity contribution >= 4 is 0 Å². The third-order valence-corrected chi connectivity index (χ3v) is 5.08. The van der Waals surface area contributed by atoms with E-state index in [9.17, 15) is 0 Å². The van der Waals surface area contributed by atoms with Gasteiger partial charge in [-0.2, -0.15) is 0 Å². The summed E-state index contributed by atoms with van der Waals surface area (Å²) in [6.45, 7) is 13.6. The minimum absolute atomic E-state index is 0.655. The normalized spacial score (nSPS) is 20.4. The van der Waals surface area contributed by atoms with Gasteiger partial charge in [0.2, 0.25) is 0 Å². The van der Waals surface area contributed by atoms with E-state index in [1.165, 1.54) is 38.8 Å². The van der Waals surface area contributed by atoms with Crippen LogP contribution in [0.2, 0.25) is 0 Å². The molecule has 0 saturated heterocycles. The Morgan fingerprint density at radius 2 is 1.14 bits per heavy atom. The molecule has 0 fully saturated rings. The maximum atomic E-state index is 2.44. The van der Waals surface area contributed by atoms with Gasteiger partial charge >= 0.3 is 0 Å². The SMILES string of the molecule is CC[C@H](C)N1C=CN(CCCCN2C=CN([C@@H](C)CC)C2)C1. The summed E-state index contributed by atoms with van der Waals surface area (Å²) in [7, 11) is 0. The lowest BCUT2D eigenvalue weighted by Crippen LogP contribution is -2.33. The first-order valence-corrected chi connectivity index (χ1v) is 9.00. The van der Waals surface area contributed by atoms with E-state index in [4.69, 9.17) is 0 Å². The summed E-state index contributed by atoms with van der Waals surface area (Å²) < 4.78 is 0. The molecule has 0 N–H and O–H groups in total. The van der Waals surface area contributed by atoms with Crippen molar-refractivity contribution in [1.29, 1.82) is 0 Å². The lowest BCUT2D eigenvalue weighted by Gasteiger charge is -2.27. The second-order valence-corrected chi connectivity index (χ2v) is 6.75. The van der Waals surface area contributed by atoms with E-state index in [2.05, 4.69) is 72.1 Å². The van der Waals surface area contributed by atoms with E-state index >= 15 is 0 Å². The smallest absolute Gasteiger partial charge is 0.0896 e. The molecule has 2 atom stereocenters. The summed E-state index contributed by atoms with van der Waals surface area (Å²) in [5.74, 6) is 0. The summed E-state index contributed by atoms with van der Waals surface area (Å²) >= 11 is 0. The molecule has 0 aromatic rings. The van der Waals surface area contributed by atoms with Crippen molar-refractivity contribution in [2.24, 2.45) is 0 Å². The highest BCUT2D eigenvalue weighted by atomic mass is 15.4. The van der Waals surface area contributed by atoms with Crippen LogP contribution in [0.5, 0.6) is 0 Å². The average molecular weight is 306 g/mol. The molecule has 0 radical (unpaired) electrons. The van der Waals surface area contributed by atoms with E-state index < -0.39 is 0 Å². The van der Waals surface area contributed by atoms with Crippen molar-refractivity contribution in [1.82, 2.24) is 19.6 Å². The van der Waals surface area contributed by atoms with Crippen LogP contribution in [0, 0.1) is 0 Å². The molecule has 0 aliphatic carbocycles. The van der Waals surface area contributed by atoms with E-state index in [1.807, 2.05) is 0 Å². The molecule has 0 bridgehead atoms. The first kappa shape index (κ1) is 17.0. The topological polar surface area (TPSA) is 13.0 Å². The average Bonchev–Trinajstić information content (AvgIpc) is 3.19. The van der Waals surface area contributed by atoms with Gasteiger partial charge in [-0.05, 0) is 39.5 Å². The summed E-state index contributed by atoms with van der Waals surface area (Å²) in [6, 6.07) is 1.31. The second kappa shape index (κ2) is 8.35. The molecule has 2 heterocycles. The molecule has 4 heteroatoms. The highest BCUT2D eigenvalue weighted by molar-refractivity contribution is 4.94. The van der Waals surface area contributed by atoms with Gasteiger partial charge in [-0.3, -0.25) is 0 Å². The van der Waals surface area contributed by atoms with Gasteiger partial charge in [-0.25, -0.2) is 0 Å². The minimum atomic E-state index is 0.655. The predicted molar refractivity (Wildman–Crippen MR) is 93.8 cm³/mol. The number of rotatable bonds is 9. The van der Waals surface area contributed by atoms with Crippen LogP contribution in [0.3, 0.4) is 0 Å². The molecular weight excluding hydrogens is 272 g/mol.